The lowest BCUT2D eigenvalue weighted by atomic mass is 9.77. The molecule has 2 aliphatic rings. The van der Waals surface area contributed by atoms with Crippen molar-refractivity contribution >= 4 is 5.97 Å². The highest BCUT2D eigenvalue weighted by molar-refractivity contribution is 5.69. The fourth-order valence-corrected chi connectivity index (χ4v) is 2.46. The normalized spacial score (nSPS) is 35.6. The Labute approximate surface area is 84.8 Å². The summed E-state index contributed by atoms with van der Waals surface area (Å²) in [6.45, 7) is 3.19. The van der Waals surface area contributed by atoms with Gasteiger partial charge in [-0.25, -0.2) is 0 Å². The quantitative estimate of drug-likeness (QED) is 0.513. The standard InChI is InChI=1S/C11H18O3/c1-2-13-10(12)7-9-5-3-4-6-11(9)8-14-11/h9H,2-8H2,1H3/t9-,11+/m0/s1. The lowest BCUT2D eigenvalue weighted by Crippen LogP contribution is -2.30. The molecule has 1 saturated carbocycles. The van der Waals surface area contributed by atoms with Crippen LogP contribution in [0.2, 0.25) is 0 Å². The van der Waals surface area contributed by atoms with E-state index in [-0.39, 0.29) is 11.6 Å². The third-order valence-electron chi connectivity index (χ3n) is 3.38. The van der Waals surface area contributed by atoms with Crippen LogP contribution < -0.4 is 0 Å². The minimum Gasteiger partial charge on any atom is -0.466 e. The van der Waals surface area contributed by atoms with Crippen molar-refractivity contribution in [2.45, 2.75) is 44.6 Å². The number of esters is 1. The zero-order valence-corrected chi connectivity index (χ0v) is 8.75. The summed E-state index contributed by atoms with van der Waals surface area (Å²) in [6, 6.07) is 0. The number of hydrogen-bond acceptors (Lipinski definition) is 3. The van der Waals surface area contributed by atoms with Gasteiger partial charge in [-0.3, -0.25) is 4.79 Å². The lowest BCUT2D eigenvalue weighted by Gasteiger charge is -2.27. The first-order chi connectivity index (χ1) is 6.77. The summed E-state index contributed by atoms with van der Waals surface area (Å²) < 4.78 is 10.5. The Balaban J connectivity index is 1.86. The van der Waals surface area contributed by atoms with Crippen molar-refractivity contribution in [3.63, 3.8) is 0 Å². The zero-order chi connectivity index (χ0) is 10.0. The number of carbonyl (C=O) groups is 1. The van der Waals surface area contributed by atoms with Gasteiger partial charge in [0.25, 0.3) is 0 Å². The molecule has 0 amide bonds. The van der Waals surface area contributed by atoms with E-state index in [0.29, 0.717) is 18.9 Å². The molecule has 2 fully saturated rings. The SMILES string of the molecule is CCOC(=O)C[C@@H]1CCCC[C@@]12CO2. The monoisotopic (exact) mass is 198 g/mol. The summed E-state index contributed by atoms with van der Waals surface area (Å²) in [6.07, 6.45) is 5.29. The molecule has 14 heavy (non-hydrogen) atoms. The van der Waals surface area contributed by atoms with Gasteiger partial charge in [-0.1, -0.05) is 12.8 Å². The topological polar surface area (TPSA) is 38.8 Å². The predicted octanol–water partition coefficient (Wildman–Crippen LogP) is 1.90. The summed E-state index contributed by atoms with van der Waals surface area (Å²) in [4.78, 5) is 11.3. The highest BCUT2D eigenvalue weighted by Gasteiger charge is 2.52. The Hall–Kier alpha value is -0.570. The van der Waals surface area contributed by atoms with E-state index in [1.165, 1.54) is 12.8 Å². The molecule has 0 bridgehead atoms. The van der Waals surface area contributed by atoms with Crippen LogP contribution in [0.5, 0.6) is 0 Å². The van der Waals surface area contributed by atoms with E-state index in [4.69, 9.17) is 9.47 Å². The van der Waals surface area contributed by atoms with Crippen LogP contribution >= 0.6 is 0 Å². The van der Waals surface area contributed by atoms with Gasteiger partial charge < -0.3 is 9.47 Å². The second kappa shape index (κ2) is 3.89. The lowest BCUT2D eigenvalue weighted by molar-refractivity contribution is -0.145. The van der Waals surface area contributed by atoms with Gasteiger partial charge in [-0.2, -0.15) is 0 Å². The van der Waals surface area contributed by atoms with Crippen LogP contribution in [0, 0.1) is 5.92 Å². The molecule has 1 aliphatic carbocycles. The van der Waals surface area contributed by atoms with Gasteiger partial charge in [0, 0.05) is 5.92 Å². The Morgan fingerprint density at radius 1 is 1.57 bits per heavy atom. The highest BCUT2D eigenvalue weighted by Crippen LogP contribution is 2.47. The van der Waals surface area contributed by atoms with E-state index in [0.717, 1.165) is 19.4 Å². The molecule has 0 unspecified atom stereocenters. The molecular formula is C11H18O3. The molecule has 1 aliphatic heterocycles. The van der Waals surface area contributed by atoms with Gasteiger partial charge in [0.1, 0.15) is 0 Å². The predicted molar refractivity (Wildman–Crippen MR) is 51.9 cm³/mol. The van der Waals surface area contributed by atoms with Crippen LogP contribution in [-0.4, -0.2) is 24.8 Å². The maximum atomic E-state index is 11.3. The molecule has 80 valence electrons. The molecule has 3 heteroatoms. The average molecular weight is 198 g/mol. The van der Waals surface area contributed by atoms with Crippen LogP contribution in [0.3, 0.4) is 0 Å². The van der Waals surface area contributed by atoms with E-state index in [2.05, 4.69) is 0 Å². The Morgan fingerprint density at radius 3 is 3.00 bits per heavy atom. The van der Waals surface area contributed by atoms with Crippen molar-refractivity contribution < 1.29 is 14.3 Å². The van der Waals surface area contributed by atoms with Crippen LogP contribution in [-0.2, 0) is 14.3 Å². The first-order valence-electron chi connectivity index (χ1n) is 5.56. The molecule has 0 N–H and O–H groups in total. The second-order valence-electron chi connectivity index (χ2n) is 4.31. The van der Waals surface area contributed by atoms with E-state index < -0.39 is 0 Å². The number of hydrogen-bond donors (Lipinski definition) is 0. The molecular weight excluding hydrogens is 180 g/mol. The Morgan fingerprint density at radius 2 is 2.36 bits per heavy atom. The van der Waals surface area contributed by atoms with Crippen LogP contribution in [0.1, 0.15) is 39.0 Å². The Bertz CT molecular complexity index is 221. The highest BCUT2D eigenvalue weighted by atomic mass is 16.6. The van der Waals surface area contributed by atoms with Gasteiger partial charge in [0.15, 0.2) is 0 Å². The number of epoxide rings is 1. The molecule has 0 aromatic rings. The first kappa shape index (κ1) is 9.97. The number of rotatable bonds is 3. The fourth-order valence-electron chi connectivity index (χ4n) is 2.46. The molecule has 0 aromatic carbocycles. The van der Waals surface area contributed by atoms with Gasteiger partial charge in [0.2, 0.25) is 0 Å². The smallest absolute Gasteiger partial charge is 0.306 e. The maximum absolute atomic E-state index is 11.3. The molecule has 0 radical (unpaired) electrons. The fraction of sp³-hybridized carbons (Fsp3) is 0.909. The molecule has 1 saturated heterocycles. The van der Waals surface area contributed by atoms with Crippen molar-refractivity contribution in [2.24, 2.45) is 5.92 Å². The van der Waals surface area contributed by atoms with E-state index in [1.54, 1.807) is 0 Å². The molecule has 1 spiro atoms. The van der Waals surface area contributed by atoms with Crippen LogP contribution in [0.4, 0.5) is 0 Å². The molecule has 3 nitrogen and oxygen atoms in total. The summed E-state index contributed by atoms with van der Waals surface area (Å²) in [5, 5.41) is 0. The van der Waals surface area contributed by atoms with Crippen molar-refractivity contribution in [3.8, 4) is 0 Å². The van der Waals surface area contributed by atoms with Crippen molar-refractivity contribution in [1.29, 1.82) is 0 Å². The molecule has 2 rings (SSSR count). The molecule has 2 atom stereocenters. The van der Waals surface area contributed by atoms with E-state index in [9.17, 15) is 4.79 Å². The number of ether oxygens (including phenoxy) is 2. The third-order valence-corrected chi connectivity index (χ3v) is 3.38. The van der Waals surface area contributed by atoms with Crippen LogP contribution in [0.15, 0.2) is 0 Å². The largest absolute Gasteiger partial charge is 0.466 e. The van der Waals surface area contributed by atoms with Gasteiger partial charge >= 0.3 is 5.97 Å². The summed E-state index contributed by atoms with van der Waals surface area (Å²) in [5.74, 6) is 0.351. The molecule has 0 aromatic heterocycles. The second-order valence-corrected chi connectivity index (χ2v) is 4.31. The zero-order valence-electron chi connectivity index (χ0n) is 8.75. The minimum atomic E-state index is -0.0609. The molecule has 1 heterocycles. The van der Waals surface area contributed by atoms with Gasteiger partial charge in [0.05, 0.1) is 25.2 Å². The third kappa shape index (κ3) is 1.92. The van der Waals surface area contributed by atoms with E-state index >= 15 is 0 Å². The van der Waals surface area contributed by atoms with Crippen molar-refractivity contribution in [2.75, 3.05) is 13.2 Å². The van der Waals surface area contributed by atoms with Gasteiger partial charge in [-0.15, -0.1) is 0 Å². The van der Waals surface area contributed by atoms with Crippen LogP contribution in [0.25, 0.3) is 0 Å². The van der Waals surface area contributed by atoms with Crippen molar-refractivity contribution in [1.82, 2.24) is 0 Å². The first-order valence-corrected chi connectivity index (χ1v) is 5.56. The minimum absolute atomic E-state index is 0.0609. The summed E-state index contributed by atoms with van der Waals surface area (Å²) in [7, 11) is 0. The Kier molecular flexibility index (Phi) is 2.77. The maximum Gasteiger partial charge on any atom is 0.306 e. The van der Waals surface area contributed by atoms with Gasteiger partial charge in [-0.05, 0) is 19.8 Å². The summed E-state index contributed by atoms with van der Waals surface area (Å²) in [5.41, 5.74) is 0.0744. The average Bonchev–Trinajstić information content (AvgIpc) is 2.91. The number of carbonyl (C=O) groups excluding carboxylic acids is 1. The van der Waals surface area contributed by atoms with E-state index in [1.807, 2.05) is 6.92 Å². The summed E-state index contributed by atoms with van der Waals surface area (Å²) >= 11 is 0. The van der Waals surface area contributed by atoms with Crippen molar-refractivity contribution in [3.05, 3.63) is 0 Å².